The lowest BCUT2D eigenvalue weighted by Crippen LogP contribution is -2.59. The highest BCUT2D eigenvalue weighted by Gasteiger charge is 2.44. The lowest BCUT2D eigenvalue weighted by molar-refractivity contribution is -0.0248. The van der Waals surface area contributed by atoms with E-state index in [2.05, 4.69) is 16.8 Å². The van der Waals surface area contributed by atoms with Crippen molar-refractivity contribution in [2.75, 3.05) is 33.8 Å². The summed E-state index contributed by atoms with van der Waals surface area (Å²) in [5, 5.41) is 0. The van der Waals surface area contributed by atoms with Gasteiger partial charge in [-0.2, -0.15) is 0 Å². The lowest BCUT2D eigenvalue weighted by Gasteiger charge is -2.48. The largest absolute Gasteiger partial charge is 0.381 e. The summed E-state index contributed by atoms with van der Waals surface area (Å²) in [7, 11) is 4.18. The Labute approximate surface area is 123 Å². The van der Waals surface area contributed by atoms with Gasteiger partial charge in [-0.1, -0.05) is 0 Å². The Morgan fingerprint density at radius 1 is 1.20 bits per heavy atom. The molecule has 3 rings (SSSR count). The molecule has 2 bridgehead atoms. The van der Waals surface area contributed by atoms with Crippen LogP contribution >= 0.6 is 0 Å². The second kappa shape index (κ2) is 5.91. The first kappa shape index (κ1) is 14.8. The van der Waals surface area contributed by atoms with Crippen LogP contribution in [-0.4, -0.2) is 67.3 Å². The van der Waals surface area contributed by atoms with Crippen molar-refractivity contribution in [3.05, 3.63) is 0 Å². The molecule has 4 unspecified atom stereocenters. The van der Waals surface area contributed by atoms with Crippen molar-refractivity contribution < 1.29 is 4.74 Å². The van der Waals surface area contributed by atoms with Crippen LogP contribution < -0.4 is 5.73 Å². The van der Waals surface area contributed by atoms with Gasteiger partial charge in [0.1, 0.15) is 0 Å². The normalized spacial score (nSPS) is 43.6. The average molecular weight is 281 g/mol. The Morgan fingerprint density at radius 2 is 2.00 bits per heavy atom. The van der Waals surface area contributed by atoms with E-state index in [1.165, 1.54) is 51.6 Å². The molecule has 2 aliphatic heterocycles. The molecule has 3 fully saturated rings. The van der Waals surface area contributed by atoms with Crippen molar-refractivity contribution >= 4 is 0 Å². The Morgan fingerprint density at radius 3 is 2.75 bits per heavy atom. The Balaban J connectivity index is 1.75. The van der Waals surface area contributed by atoms with Gasteiger partial charge >= 0.3 is 0 Å². The number of nitrogens with two attached hydrogens (primary N) is 1. The second-order valence-electron chi connectivity index (χ2n) is 7.17. The van der Waals surface area contributed by atoms with Crippen molar-refractivity contribution in [3.63, 3.8) is 0 Å². The Hall–Kier alpha value is -0.160. The maximum absolute atomic E-state index is 6.26. The van der Waals surface area contributed by atoms with Gasteiger partial charge in [0.25, 0.3) is 0 Å². The van der Waals surface area contributed by atoms with Crippen LogP contribution in [0.2, 0.25) is 0 Å². The zero-order valence-corrected chi connectivity index (χ0v) is 13.2. The summed E-state index contributed by atoms with van der Waals surface area (Å²) in [4.78, 5) is 5.36. The quantitative estimate of drug-likeness (QED) is 0.850. The van der Waals surface area contributed by atoms with E-state index in [4.69, 9.17) is 10.5 Å². The van der Waals surface area contributed by atoms with E-state index in [-0.39, 0.29) is 5.54 Å². The molecule has 20 heavy (non-hydrogen) atoms. The number of rotatable bonds is 3. The molecule has 1 saturated carbocycles. The van der Waals surface area contributed by atoms with Gasteiger partial charge in [-0.05, 0) is 52.0 Å². The van der Waals surface area contributed by atoms with Crippen molar-refractivity contribution in [1.29, 1.82) is 0 Å². The highest BCUT2D eigenvalue weighted by molar-refractivity contribution is 5.01. The van der Waals surface area contributed by atoms with Crippen molar-refractivity contribution in [2.45, 2.75) is 68.7 Å². The van der Waals surface area contributed by atoms with Crippen LogP contribution in [-0.2, 0) is 4.74 Å². The molecule has 4 atom stereocenters. The molecule has 3 aliphatic rings. The lowest BCUT2D eigenvalue weighted by atomic mass is 9.78. The first-order valence-corrected chi connectivity index (χ1v) is 8.38. The average Bonchev–Trinajstić information content (AvgIpc) is 2.72. The smallest absolute Gasteiger partial charge is 0.0589 e. The number of likely N-dealkylation sites (N-methyl/N-ethyl adjacent to an activating group) is 1. The van der Waals surface area contributed by atoms with Gasteiger partial charge in [0.15, 0.2) is 0 Å². The van der Waals surface area contributed by atoms with E-state index in [9.17, 15) is 0 Å². The molecule has 4 heteroatoms. The third-order valence-corrected chi connectivity index (χ3v) is 6.31. The molecule has 0 amide bonds. The van der Waals surface area contributed by atoms with E-state index in [0.29, 0.717) is 6.10 Å². The Bertz CT molecular complexity index is 338. The SMILES string of the molecule is COC1CCCC(CN)(N2CCC3CCC(C2)N3C)C1. The number of methoxy groups -OCH3 is 1. The fraction of sp³-hybridized carbons (Fsp3) is 1.00. The molecule has 0 aromatic rings. The van der Waals surface area contributed by atoms with Gasteiger partial charge < -0.3 is 10.5 Å². The third kappa shape index (κ3) is 2.52. The summed E-state index contributed by atoms with van der Waals surface area (Å²) < 4.78 is 5.66. The Kier molecular flexibility index (Phi) is 4.37. The topological polar surface area (TPSA) is 41.7 Å². The predicted molar refractivity (Wildman–Crippen MR) is 81.8 cm³/mol. The van der Waals surface area contributed by atoms with Crippen LogP contribution in [0, 0.1) is 0 Å². The van der Waals surface area contributed by atoms with E-state index < -0.39 is 0 Å². The molecule has 0 spiro atoms. The summed E-state index contributed by atoms with van der Waals surface area (Å²) >= 11 is 0. The number of nitrogens with zero attached hydrogens (tertiary/aromatic N) is 2. The van der Waals surface area contributed by atoms with Crippen LogP contribution in [0.4, 0.5) is 0 Å². The highest BCUT2D eigenvalue weighted by Crippen LogP contribution is 2.38. The molecule has 4 nitrogen and oxygen atoms in total. The maximum atomic E-state index is 6.26. The van der Waals surface area contributed by atoms with Crippen LogP contribution in [0.1, 0.15) is 44.9 Å². The van der Waals surface area contributed by atoms with E-state index in [1.54, 1.807) is 0 Å². The van der Waals surface area contributed by atoms with E-state index in [0.717, 1.165) is 25.0 Å². The number of ether oxygens (including phenoxy) is 1. The summed E-state index contributed by atoms with van der Waals surface area (Å²) in [6.07, 6.45) is 9.33. The van der Waals surface area contributed by atoms with Gasteiger partial charge in [-0.3, -0.25) is 9.80 Å². The molecule has 116 valence electrons. The van der Waals surface area contributed by atoms with Crippen LogP contribution in [0.5, 0.6) is 0 Å². The standard InChI is InChI=1S/C16H31N3O/c1-18-13-5-6-14(18)11-19(9-7-13)16(12-17)8-3-4-15(10-16)20-2/h13-15H,3-12,17H2,1-2H3. The summed E-state index contributed by atoms with van der Waals surface area (Å²) in [6.45, 7) is 3.22. The molecule has 0 aromatic heterocycles. The van der Waals surface area contributed by atoms with Gasteiger partial charge in [0.2, 0.25) is 0 Å². The molecular weight excluding hydrogens is 250 g/mol. The van der Waals surface area contributed by atoms with E-state index in [1.807, 2.05) is 7.11 Å². The van der Waals surface area contributed by atoms with Crippen molar-refractivity contribution in [2.24, 2.45) is 5.73 Å². The first-order chi connectivity index (χ1) is 9.68. The van der Waals surface area contributed by atoms with Crippen LogP contribution in [0.3, 0.4) is 0 Å². The zero-order chi connectivity index (χ0) is 14.2. The number of likely N-dealkylation sites (tertiary alicyclic amines) is 1. The molecule has 1 aliphatic carbocycles. The molecule has 0 radical (unpaired) electrons. The van der Waals surface area contributed by atoms with Gasteiger partial charge in [0, 0.05) is 44.4 Å². The first-order valence-electron chi connectivity index (χ1n) is 8.38. The van der Waals surface area contributed by atoms with Crippen molar-refractivity contribution in [1.82, 2.24) is 9.80 Å². The van der Waals surface area contributed by atoms with Crippen LogP contribution in [0.15, 0.2) is 0 Å². The summed E-state index contributed by atoms with van der Waals surface area (Å²) in [5.74, 6) is 0. The highest BCUT2D eigenvalue weighted by atomic mass is 16.5. The molecular formula is C16H31N3O. The number of hydrogen-bond acceptors (Lipinski definition) is 4. The maximum Gasteiger partial charge on any atom is 0.0589 e. The number of fused-ring (bicyclic) bond motifs is 2. The number of hydrogen-bond donors (Lipinski definition) is 1. The predicted octanol–water partition coefficient (Wildman–Crippen LogP) is 1.44. The summed E-state index contributed by atoms with van der Waals surface area (Å²) in [6, 6.07) is 1.55. The molecule has 0 aromatic carbocycles. The third-order valence-electron chi connectivity index (χ3n) is 6.31. The van der Waals surface area contributed by atoms with Gasteiger partial charge in [0.05, 0.1) is 6.10 Å². The van der Waals surface area contributed by atoms with Gasteiger partial charge in [-0.15, -0.1) is 0 Å². The zero-order valence-electron chi connectivity index (χ0n) is 13.2. The van der Waals surface area contributed by atoms with Crippen LogP contribution in [0.25, 0.3) is 0 Å². The monoisotopic (exact) mass is 281 g/mol. The second-order valence-corrected chi connectivity index (χ2v) is 7.17. The minimum atomic E-state index is 0.199. The summed E-state index contributed by atoms with van der Waals surface area (Å²) in [5.41, 5.74) is 6.46. The fourth-order valence-electron chi connectivity index (χ4n) is 4.83. The molecule has 2 N–H and O–H groups in total. The van der Waals surface area contributed by atoms with E-state index >= 15 is 0 Å². The van der Waals surface area contributed by atoms with Gasteiger partial charge in [-0.25, -0.2) is 0 Å². The minimum absolute atomic E-state index is 0.199. The minimum Gasteiger partial charge on any atom is -0.381 e. The fourth-order valence-corrected chi connectivity index (χ4v) is 4.83. The molecule has 2 heterocycles. The van der Waals surface area contributed by atoms with Crippen molar-refractivity contribution in [3.8, 4) is 0 Å². The molecule has 2 saturated heterocycles.